The van der Waals surface area contributed by atoms with E-state index in [4.69, 9.17) is 5.11 Å². The molecule has 2 amide bonds. The van der Waals surface area contributed by atoms with Gasteiger partial charge >= 0.3 is 5.97 Å². The summed E-state index contributed by atoms with van der Waals surface area (Å²) in [5.41, 5.74) is 0.946. The van der Waals surface area contributed by atoms with Gasteiger partial charge in [-0.2, -0.15) is 0 Å². The van der Waals surface area contributed by atoms with E-state index >= 15 is 0 Å². The Morgan fingerprint density at radius 3 is 1.89 bits per heavy atom. The van der Waals surface area contributed by atoms with Crippen molar-refractivity contribution in [2.75, 3.05) is 10.6 Å². The second-order valence-corrected chi connectivity index (χ2v) is 10.0. The molecule has 2 heterocycles. The van der Waals surface area contributed by atoms with Crippen molar-refractivity contribution in [2.24, 2.45) is 0 Å². The maximum Gasteiger partial charge on any atom is 0.303 e. The number of carboxylic acid groups (broad SMARTS) is 1. The van der Waals surface area contributed by atoms with Crippen LogP contribution in [0.25, 0.3) is 0 Å². The molecule has 0 aliphatic heterocycles. The lowest BCUT2D eigenvalue weighted by atomic mass is 10.1. The molecule has 0 bridgehead atoms. The first-order valence-corrected chi connectivity index (χ1v) is 13.1. The Labute approximate surface area is 211 Å². The van der Waals surface area contributed by atoms with Gasteiger partial charge < -0.3 is 15.7 Å². The van der Waals surface area contributed by atoms with Crippen molar-refractivity contribution in [3.63, 3.8) is 0 Å². The summed E-state index contributed by atoms with van der Waals surface area (Å²) >= 11 is 2.75. The molecular formula is C23H28N6O4S2. The van der Waals surface area contributed by atoms with Crippen LogP contribution in [-0.4, -0.2) is 43.3 Å². The van der Waals surface area contributed by atoms with Crippen molar-refractivity contribution in [3.8, 4) is 0 Å². The molecule has 12 heteroatoms. The van der Waals surface area contributed by atoms with Gasteiger partial charge in [0, 0.05) is 25.7 Å². The molecule has 10 nitrogen and oxygen atoms in total. The predicted molar refractivity (Wildman–Crippen MR) is 135 cm³/mol. The highest BCUT2D eigenvalue weighted by molar-refractivity contribution is 7.15. The van der Waals surface area contributed by atoms with Crippen molar-refractivity contribution in [1.29, 1.82) is 0 Å². The first-order valence-electron chi connectivity index (χ1n) is 11.5. The van der Waals surface area contributed by atoms with Crippen LogP contribution in [0, 0.1) is 0 Å². The Kier molecular flexibility index (Phi) is 10.7. The van der Waals surface area contributed by atoms with E-state index in [1.165, 1.54) is 22.7 Å². The monoisotopic (exact) mass is 516 g/mol. The van der Waals surface area contributed by atoms with E-state index in [9.17, 15) is 14.4 Å². The maximum atomic E-state index is 12.1. The molecule has 0 unspecified atom stereocenters. The Morgan fingerprint density at radius 1 is 0.714 bits per heavy atom. The molecule has 2 aromatic heterocycles. The van der Waals surface area contributed by atoms with Gasteiger partial charge in [-0.3, -0.25) is 14.4 Å². The summed E-state index contributed by atoms with van der Waals surface area (Å²) in [6, 6.07) is 9.54. The minimum Gasteiger partial charge on any atom is -0.481 e. The lowest BCUT2D eigenvalue weighted by Crippen LogP contribution is -2.14. The number of benzene rings is 1. The van der Waals surface area contributed by atoms with Gasteiger partial charge in [0.25, 0.3) is 0 Å². The number of carboxylic acids is 1. The van der Waals surface area contributed by atoms with Crippen molar-refractivity contribution in [3.05, 3.63) is 45.9 Å². The molecule has 0 saturated carbocycles. The van der Waals surface area contributed by atoms with E-state index in [0.29, 0.717) is 42.4 Å². The third-order valence-electron chi connectivity index (χ3n) is 4.96. The van der Waals surface area contributed by atoms with Crippen LogP contribution < -0.4 is 10.6 Å². The summed E-state index contributed by atoms with van der Waals surface area (Å²) < 4.78 is 0. The fourth-order valence-electron chi connectivity index (χ4n) is 3.23. The Hall–Kier alpha value is -3.25. The molecule has 3 aromatic rings. The maximum absolute atomic E-state index is 12.1. The highest BCUT2D eigenvalue weighted by Crippen LogP contribution is 2.20. The van der Waals surface area contributed by atoms with Crippen molar-refractivity contribution >= 4 is 50.7 Å². The largest absolute Gasteiger partial charge is 0.481 e. The van der Waals surface area contributed by atoms with Crippen LogP contribution in [0.5, 0.6) is 0 Å². The molecule has 0 aliphatic rings. The summed E-state index contributed by atoms with van der Waals surface area (Å²) in [5, 5.41) is 33.2. The second kappa shape index (κ2) is 14.2. The molecule has 0 aliphatic carbocycles. The number of aliphatic carboxylic acids is 1. The molecule has 0 radical (unpaired) electrons. The second-order valence-electron chi connectivity index (χ2n) is 7.92. The molecule has 0 spiro atoms. The first-order chi connectivity index (χ1) is 17.0. The minimum atomic E-state index is -0.813. The van der Waals surface area contributed by atoms with E-state index in [-0.39, 0.29) is 18.2 Å². The van der Waals surface area contributed by atoms with E-state index in [1.54, 1.807) is 0 Å². The smallest absolute Gasteiger partial charge is 0.303 e. The van der Waals surface area contributed by atoms with Crippen LogP contribution in [-0.2, 0) is 33.6 Å². The van der Waals surface area contributed by atoms with Crippen molar-refractivity contribution in [1.82, 2.24) is 20.4 Å². The van der Waals surface area contributed by atoms with E-state index in [2.05, 4.69) is 31.0 Å². The third kappa shape index (κ3) is 10.3. The summed E-state index contributed by atoms with van der Waals surface area (Å²) in [6.07, 6.45) is 5.99. The standard InChI is InChI=1S/C23H28N6O4S2/c30-17(11-5-2-6-14-21(32)33)24-22-28-26-19(34-22)12-7-8-13-20-27-29-23(35-20)25-18(31)15-16-9-3-1-4-10-16/h1,3-4,9-10H,2,5-8,11-15H2,(H,32,33)(H,24,28,30)(H,25,29,31). The number of amides is 2. The number of carbonyl (C=O) groups is 3. The fourth-order valence-corrected chi connectivity index (χ4v) is 4.82. The van der Waals surface area contributed by atoms with E-state index in [0.717, 1.165) is 41.3 Å². The molecule has 3 rings (SSSR count). The molecule has 35 heavy (non-hydrogen) atoms. The lowest BCUT2D eigenvalue weighted by Gasteiger charge is -2.01. The number of nitrogens with zero attached hydrogens (tertiary/aromatic N) is 4. The van der Waals surface area contributed by atoms with Crippen LogP contribution in [0.3, 0.4) is 0 Å². The zero-order valence-corrected chi connectivity index (χ0v) is 20.9. The fraction of sp³-hybridized carbons (Fsp3) is 0.435. The molecule has 0 saturated heterocycles. The van der Waals surface area contributed by atoms with Gasteiger partial charge in [-0.15, -0.1) is 20.4 Å². The number of carbonyl (C=O) groups excluding carboxylic acids is 2. The number of anilines is 2. The van der Waals surface area contributed by atoms with Gasteiger partial charge in [-0.1, -0.05) is 59.4 Å². The Balaban J connectivity index is 1.29. The number of hydrogen-bond donors (Lipinski definition) is 3. The highest BCUT2D eigenvalue weighted by atomic mass is 32.1. The van der Waals surface area contributed by atoms with Crippen molar-refractivity contribution in [2.45, 2.75) is 64.2 Å². The van der Waals surface area contributed by atoms with Crippen LogP contribution in [0.2, 0.25) is 0 Å². The zero-order valence-electron chi connectivity index (χ0n) is 19.2. The zero-order chi connectivity index (χ0) is 24.9. The topological polar surface area (TPSA) is 147 Å². The van der Waals surface area contributed by atoms with Gasteiger partial charge in [-0.25, -0.2) is 0 Å². The summed E-state index contributed by atoms with van der Waals surface area (Å²) in [6.45, 7) is 0. The Bertz CT molecular complexity index is 1100. The van der Waals surface area contributed by atoms with Gasteiger partial charge in [0.05, 0.1) is 6.42 Å². The molecule has 3 N–H and O–H groups in total. The average Bonchev–Trinajstić information content (AvgIpc) is 3.46. The van der Waals surface area contributed by atoms with Crippen LogP contribution in [0.1, 0.15) is 60.5 Å². The van der Waals surface area contributed by atoms with Crippen LogP contribution in [0.4, 0.5) is 10.3 Å². The molecule has 0 fully saturated rings. The van der Waals surface area contributed by atoms with Gasteiger partial charge in [0.15, 0.2) is 0 Å². The van der Waals surface area contributed by atoms with Gasteiger partial charge in [0.2, 0.25) is 22.1 Å². The number of hydrogen-bond acceptors (Lipinski definition) is 9. The third-order valence-corrected chi connectivity index (χ3v) is 6.76. The van der Waals surface area contributed by atoms with Crippen molar-refractivity contribution < 1.29 is 19.5 Å². The predicted octanol–water partition coefficient (Wildman–Crippen LogP) is 4.11. The number of aryl methyl sites for hydroxylation is 2. The number of unbranched alkanes of at least 4 members (excludes halogenated alkanes) is 3. The van der Waals surface area contributed by atoms with Crippen LogP contribution >= 0.6 is 22.7 Å². The number of aromatic nitrogens is 4. The summed E-state index contributed by atoms with van der Waals surface area (Å²) in [4.78, 5) is 34.6. The molecule has 186 valence electrons. The first kappa shape index (κ1) is 26.4. The Morgan fingerprint density at radius 2 is 1.29 bits per heavy atom. The highest BCUT2D eigenvalue weighted by Gasteiger charge is 2.11. The number of rotatable bonds is 15. The van der Waals surface area contributed by atoms with Gasteiger partial charge in [-0.05, 0) is 31.2 Å². The average molecular weight is 517 g/mol. The SMILES string of the molecule is O=C(O)CCCCCC(=O)Nc1nnc(CCCCc2nnc(NC(=O)Cc3ccccc3)s2)s1. The molecule has 1 aromatic carbocycles. The number of nitrogens with one attached hydrogen (secondary N) is 2. The quantitative estimate of drug-likeness (QED) is 0.256. The minimum absolute atomic E-state index is 0.115. The molecular weight excluding hydrogens is 488 g/mol. The molecule has 0 atom stereocenters. The lowest BCUT2D eigenvalue weighted by molar-refractivity contribution is -0.137. The van der Waals surface area contributed by atoms with Crippen LogP contribution in [0.15, 0.2) is 30.3 Å². The van der Waals surface area contributed by atoms with E-state index in [1.807, 2.05) is 30.3 Å². The summed E-state index contributed by atoms with van der Waals surface area (Å²) in [5.74, 6) is -1.06. The normalized spacial score (nSPS) is 10.7. The van der Waals surface area contributed by atoms with E-state index < -0.39 is 5.97 Å². The van der Waals surface area contributed by atoms with Gasteiger partial charge in [0.1, 0.15) is 10.0 Å². The summed E-state index contributed by atoms with van der Waals surface area (Å²) in [7, 11) is 0.